The molecule has 5 heteroatoms. The van der Waals surface area contributed by atoms with Crippen LogP contribution in [0.25, 0.3) is 0 Å². The molecule has 1 atom stereocenters. The van der Waals surface area contributed by atoms with E-state index in [1.165, 1.54) is 0 Å². The van der Waals surface area contributed by atoms with Gasteiger partial charge in [-0.1, -0.05) is 67.6 Å². The van der Waals surface area contributed by atoms with Gasteiger partial charge < -0.3 is 9.47 Å². The highest BCUT2D eigenvalue weighted by Gasteiger charge is 2.46. The van der Waals surface area contributed by atoms with Crippen LogP contribution >= 0.6 is 12.4 Å². The maximum Gasteiger partial charge on any atom is 0.348 e. The number of benzene rings is 2. The topological polar surface area (TPSA) is 38.8 Å². The molecule has 3 rings (SSSR count). The van der Waals surface area contributed by atoms with E-state index in [1.807, 2.05) is 67.6 Å². The molecule has 152 valence electrons. The third kappa shape index (κ3) is 4.75. The number of nitrogens with zero attached hydrogens (tertiary/aromatic N) is 1. The predicted octanol–water partition coefficient (Wildman–Crippen LogP) is 4.42. The number of carbonyl (C=O) groups excluding carboxylic acids is 1. The van der Waals surface area contributed by atoms with Gasteiger partial charge in [0.25, 0.3) is 0 Å². The van der Waals surface area contributed by atoms with E-state index in [1.54, 1.807) is 0 Å². The molecule has 0 spiro atoms. The van der Waals surface area contributed by atoms with Crippen molar-refractivity contribution in [3.63, 3.8) is 0 Å². The number of esters is 1. The van der Waals surface area contributed by atoms with Crippen LogP contribution in [0.15, 0.2) is 60.7 Å². The third-order valence-electron chi connectivity index (χ3n) is 5.19. The quantitative estimate of drug-likeness (QED) is 0.641. The van der Waals surface area contributed by atoms with Crippen molar-refractivity contribution in [1.82, 2.24) is 4.90 Å². The van der Waals surface area contributed by atoms with Crippen LogP contribution in [0.1, 0.15) is 37.8 Å². The third-order valence-corrected chi connectivity index (χ3v) is 5.19. The van der Waals surface area contributed by atoms with Gasteiger partial charge in [-0.15, -0.1) is 12.4 Å². The molecule has 1 heterocycles. The molecule has 0 amide bonds. The normalized spacial score (nSPS) is 17.6. The van der Waals surface area contributed by atoms with Gasteiger partial charge in [0.2, 0.25) is 5.60 Å². The standard InChI is InChI=1S/C23H29NO3.ClH/c1-3-24-17-11-16-21(18-24)27-22(25)23(26-4-2,19-12-7-5-8-13-19)20-14-9-6-10-15-20;/h5-10,12-15,21H,3-4,11,16-18H2,1-2H3;1H. The first-order valence-electron chi connectivity index (χ1n) is 9.89. The molecular formula is C23H30ClNO3. The number of rotatable bonds is 7. The van der Waals surface area contributed by atoms with Crippen molar-refractivity contribution < 1.29 is 14.3 Å². The van der Waals surface area contributed by atoms with Crippen molar-refractivity contribution in [3.8, 4) is 0 Å². The minimum atomic E-state index is -1.24. The molecule has 4 nitrogen and oxygen atoms in total. The summed E-state index contributed by atoms with van der Waals surface area (Å²) >= 11 is 0. The molecule has 0 aliphatic carbocycles. The molecule has 1 fully saturated rings. The fraction of sp³-hybridized carbons (Fsp3) is 0.435. The van der Waals surface area contributed by atoms with Gasteiger partial charge in [0.1, 0.15) is 6.10 Å². The summed E-state index contributed by atoms with van der Waals surface area (Å²) in [4.78, 5) is 15.9. The highest BCUT2D eigenvalue weighted by atomic mass is 35.5. The first-order chi connectivity index (χ1) is 13.2. The molecule has 0 saturated carbocycles. The number of ether oxygens (including phenoxy) is 2. The predicted molar refractivity (Wildman–Crippen MR) is 114 cm³/mol. The summed E-state index contributed by atoms with van der Waals surface area (Å²) in [6.45, 7) is 7.29. The Morgan fingerprint density at radius 2 is 1.61 bits per heavy atom. The Labute approximate surface area is 174 Å². The van der Waals surface area contributed by atoms with E-state index in [9.17, 15) is 4.79 Å². The van der Waals surface area contributed by atoms with Crippen LogP contribution in [0.5, 0.6) is 0 Å². The lowest BCUT2D eigenvalue weighted by molar-refractivity contribution is -0.176. The number of carbonyl (C=O) groups is 1. The van der Waals surface area contributed by atoms with Crippen LogP contribution in [0.4, 0.5) is 0 Å². The first-order valence-corrected chi connectivity index (χ1v) is 9.89. The van der Waals surface area contributed by atoms with E-state index < -0.39 is 5.60 Å². The molecule has 0 N–H and O–H groups in total. The lowest BCUT2D eigenvalue weighted by Crippen LogP contribution is -2.46. The molecule has 2 aromatic rings. The van der Waals surface area contributed by atoms with Crippen LogP contribution < -0.4 is 0 Å². The van der Waals surface area contributed by atoms with Crippen LogP contribution in [-0.4, -0.2) is 43.2 Å². The van der Waals surface area contributed by atoms with Crippen molar-refractivity contribution in [2.24, 2.45) is 0 Å². The number of halogens is 1. The fourth-order valence-electron chi connectivity index (χ4n) is 3.82. The van der Waals surface area contributed by atoms with Gasteiger partial charge in [-0.25, -0.2) is 4.79 Å². The number of likely N-dealkylation sites (N-methyl/N-ethyl adjacent to an activating group) is 1. The van der Waals surface area contributed by atoms with Gasteiger partial charge in [-0.05, 0) is 44.0 Å². The van der Waals surface area contributed by atoms with Crippen LogP contribution in [0.3, 0.4) is 0 Å². The zero-order valence-corrected chi connectivity index (χ0v) is 17.5. The van der Waals surface area contributed by atoms with Gasteiger partial charge in [-0.3, -0.25) is 4.90 Å². The summed E-state index contributed by atoms with van der Waals surface area (Å²) in [5.74, 6) is -0.329. The van der Waals surface area contributed by atoms with Crippen molar-refractivity contribution in [3.05, 3.63) is 71.8 Å². The van der Waals surface area contributed by atoms with E-state index in [-0.39, 0.29) is 24.5 Å². The van der Waals surface area contributed by atoms with Crippen molar-refractivity contribution in [1.29, 1.82) is 0 Å². The highest BCUT2D eigenvalue weighted by molar-refractivity contribution is 5.86. The van der Waals surface area contributed by atoms with Gasteiger partial charge in [0.05, 0.1) is 0 Å². The SMILES string of the molecule is CCOC(C(=O)OC1CCCN(CC)C1)(c1ccccc1)c1ccccc1.Cl. The molecule has 0 radical (unpaired) electrons. The van der Waals surface area contributed by atoms with E-state index in [0.717, 1.165) is 43.6 Å². The summed E-state index contributed by atoms with van der Waals surface area (Å²) in [5.41, 5.74) is 0.351. The Kier molecular flexibility index (Phi) is 8.49. The second kappa shape index (κ2) is 10.6. The first kappa shape index (κ1) is 22.4. The van der Waals surface area contributed by atoms with Gasteiger partial charge in [0.15, 0.2) is 0 Å². The molecule has 28 heavy (non-hydrogen) atoms. The van der Waals surface area contributed by atoms with Crippen molar-refractivity contribution in [2.45, 2.75) is 38.4 Å². The van der Waals surface area contributed by atoms with Crippen molar-refractivity contribution >= 4 is 18.4 Å². The number of hydrogen-bond donors (Lipinski definition) is 0. The Morgan fingerprint density at radius 3 is 2.11 bits per heavy atom. The average molecular weight is 404 g/mol. The highest BCUT2D eigenvalue weighted by Crippen LogP contribution is 2.36. The monoisotopic (exact) mass is 403 g/mol. The van der Waals surface area contributed by atoms with E-state index in [0.29, 0.717) is 6.61 Å². The maximum atomic E-state index is 13.6. The van der Waals surface area contributed by atoms with E-state index in [2.05, 4.69) is 11.8 Å². The summed E-state index contributed by atoms with van der Waals surface area (Å²) in [6.07, 6.45) is 1.84. The molecule has 1 unspecified atom stereocenters. The maximum absolute atomic E-state index is 13.6. The van der Waals surface area contributed by atoms with E-state index >= 15 is 0 Å². The average Bonchev–Trinajstić information content (AvgIpc) is 2.73. The largest absolute Gasteiger partial charge is 0.458 e. The Morgan fingerprint density at radius 1 is 1.04 bits per heavy atom. The van der Waals surface area contributed by atoms with Gasteiger partial charge in [0, 0.05) is 13.2 Å². The smallest absolute Gasteiger partial charge is 0.348 e. The lowest BCUT2D eigenvalue weighted by atomic mass is 9.85. The minimum Gasteiger partial charge on any atom is -0.458 e. The number of piperidine rings is 1. The fourth-order valence-corrected chi connectivity index (χ4v) is 3.82. The van der Waals surface area contributed by atoms with Crippen molar-refractivity contribution in [2.75, 3.05) is 26.2 Å². The summed E-state index contributed by atoms with van der Waals surface area (Å²) < 4.78 is 12.2. The Bertz CT molecular complexity index is 684. The van der Waals surface area contributed by atoms with Crippen LogP contribution in [0.2, 0.25) is 0 Å². The molecule has 1 saturated heterocycles. The second-order valence-corrected chi connectivity index (χ2v) is 6.91. The minimum absolute atomic E-state index is 0. The van der Waals surface area contributed by atoms with Gasteiger partial charge in [-0.2, -0.15) is 0 Å². The summed E-state index contributed by atoms with van der Waals surface area (Å²) in [6, 6.07) is 19.3. The molecule has 1 aliphatic heterocycles. The number of hydrogen-bond acceptors (Lipinski definition) is 4. The second-order valence-electron chi connectivity index (χ2n) is 6.91. The molecule has 2 aromatic carbocycles. The lowest BCUT2D eigenvalue weighted by Gasteiger charge is -2.36. The Hall–Kier alpha value is -1.88. The zero-order chi connectivity index (χ0) is 19.1. The van der Waals surface area contributed by atoms with Crippen LogP contribution in [0, 0.1) is 0 Å². The molecule has 1 aliphatic rings. The van der Waals surface area contributed by atoms with Gasteiger partial charge >= 0.3 is 5.97 Å². The van der Waals surface area contributed by atoms with Crippen LogP contribution in [-0.2, 0) is 19.9 Å². The molecular weight excluding hydrogens is 374 g/mol. The van der Waals surface area contributed by atoms with E-state index in [4.69, 9.17) is 9.47 Å². The summed E-state index contributed by atoms with van der Waals surface area (Å²) in [5, 5.41) is 0. The Balaban J connectivity index is 0.00000280. The number of likely N-dealkylation sites (tertiary alicyclic amines) is 1. The molecule has 0 aromatic heterocycles. The molecule has 0 bridgehead atoms. The zero-order valence-electron chi connectivity index (χ0n) is 16.7. The summed E-state index contributed by atoms with van der Waals surface area (Å²) in [7, 11) is 0.